The average Bonchev–Trinajstić information content (AvgIpc) is 2.25. The predicted octanol–water partition coefficient (Wildman–Crippen LogP) is -1.06. The molecule has 1 saturated carbocycles. The molecule has 7 nitrogen and oxygen atoms in total. The number of nitrogens with one attached hydrogen (secondary N) is 3. The molecule has 1 aliphatic carbocycles. The van der Waals surface area contributed by atoms with Crippen molar-refractivity contribution >= 4 is 5.91 Å². The minimum atomic E-state index is -0.542. The van der Waals surface area contributed by atoms with E-state index in [2.05, 4.69) is 15.3 Å². The first-order chi connectivity index (χ1) is 8.95. The zero-order chi connectivity index (χ0) is 14.0. The van der Waals surface area contributed by atoms with Crippen molar-refractivity contribution in [3.05, 3.63) is 32.1 Å². The van der Waals surface area contributed by atoms with Gasteiger partial charge in [0.05, 0.1) is 6.10 Å². The Morgan fingerprint density at radius 3 is 2.63 bits per heavy atom. The van der Waals surface area contributed by atoms with Crippen LogP contribution in [0, 0.1) is 6.92 Å². The van der Waals surface area contributed by atoms with Gasteiger partial charge in [-0.05, 0) is 26.2 Å². The smallest absolute Gasteiger partial charge is 0.325 e. The Balaban J connectivity index is 1.90. The molecule has 1 fully saturated rings. The van der Waals surface area contributed by atoms with Gasteiger partial charge in [0, 0.05) is 23.7 Å². The average molecular weight is 267 g/mol. The molecule has 0 aliphatic heterocycles. The van der Waals surface area contributed by atoms with Crippen molar-refractivity contribution in [1.29, 1.82) is 0 Å². The van der Waals surface area contributed by atoms with Crippen molar-refractivity contribution in [3.8, 4) is 0 Å². The van der Waals surface area contributed by atoms with E-state index in [0.29, 0.717) is 24.1 Å². The molecule has 0 spiro atoms. The third-order valence-electron chi connectivity index (χ3n) is 3.34. The van der Waals surface area contributed by atoms with Gasteiger partial charge < -0.3 is 15.4 Å². The van der Waals surface area contributed by atoms with Crippen molar-refractivity contribution in [2.24, 2.45) is 0 Å². The minimum absolute atomic E-state index is 0.0393. The fourth-order valence-electron chi connectivity index (χ4n) is 2.17. The molecule has 0 saturated heterocycles. The molecule has 4 N–H and O–H groups in total. The van der Waals surface area contributed by atoms with Crippen LogP contribution in [0.1, 0.15) is 30.5 Å². The van der Waals surface area contributed by atoms with Crippen LogP contribution in [-0.4, -0.2) is 33.1 Å². The third kappa shape index (κ3) is 3.31. The van der Waals surface area contributed by atoms with Gasteiger partial charge in [-0.25, -0.2) is 4.79 Å². The summed E-state index contributed by atoms with van der Waals surface area (Å²) in [7, 11) is 0. The summed E-state index contributed by atoms with van der Waals surface area (Å²) in [4.78, 5) is 38.9. The summed E-state index contributed by atoms with van der Waals surface area (Å²) in [6.07, 6.45) is 1.32. The Labute approximate surface area is 109 Å². The molecule has 1 aromatic heterocycles. The molecule has 0 unspecified atom stereocenters. The van der Waals surface area contributed by atoms with E-state index in [1.807, 2.05) is 0 Å². The van der Waals surface area contributed by atoms with E-state index in [1.54, 1.807) is 6.92 Å². The topological polar surface area (TPSA) is 115 Å². The van der Waals surface area contributed by atoms with Crippen LogP contribution in [0.15, 0.2) is 9.59 Å². The van der Waals surface area contributed by atoms with E-state index in [-0.39, 0.29) is 30.9 Å². The maximum Gasteiger partial charge on any atom is 0.325 e. The number of hydrogen-bond donors (Lipinski definition) is 4. The highest BCUT2D eigenvalue weighted by Crippen LogP contribution is 2.19. The van der Waals surface area contributed by atoms with Crippen molar-refractivity contribution in [2.75, 3.05) is 0 Å². The molecule has 0 atom stereocenters. The van der Waals surface area contributed by atoms with E-state index in [9.17, 15) is 14.4 Å². The summed E-state index contributed by atoms with van der Waals surface area (Å²) in [6, 6.07) is 0.0393. The maximum absolute atomic E-state index is 11.6. The molecule has 1 heterocycles. The lowest BCUT2D eigenvalue weighted by Gasteiger charge is -2.31. The van der Waals surface area contributed by atoms with Crippen LogP contribution in [0.2, 0.25) is 0 Å². The molecule has 19 heavy (non-hydrogen) atoms. The summed E-state index contributed by atoms with van der Waals surface area (Å²) in [5.74, 6) is -0.151. The fraction of sp³-hybridized carbons (Fsp3) is 0.583. The van der Waals surface area contributed by atoms with Gasteiger partial charge in [0.2, 0.25) is 5.91 Å². The Morgan fingerprint density at radius 1 is 1.37 bits per heavy atom. The Kier molecular flexibility index (Phi) is 3.84. The standard InChI is InChI=1S/C12H17N3O4/c1-6-9(11(18)15-12(19)13-6)2-3-10(17)14-7-4-8(16)5-7/h7-8,16H,2-5H2,1H3,(H,14,17)(H2,13,15,18,19). The second kappa shape index (κ2) is 5.40. The molecule has 0 bridgehead atoms. The molecule has 1 aliphatic rings. The van der Waals surface area contributed by atoms with Crippen molar-refractivity contribution in [1.82, 2.24) is 15.3 Å². The molecular weight excluding hydrogens is 250 g/mol. The van der Waals surface area contributed by atoms with Gasteiger partial charge in [-0.3, -0.25) is 14.6 Å². The first kappa shape index (κ1) is 13.5. The van der Waals surface area contributed by atoms with E-state index in [1.165, 1.54) is 0 Å². The summed E-state index contributed by atoms with van der Waals surface area (Å²) >= 11 is 0. The fourth-order valence-corrected chi connectivity index (χ4v) is 2.17. The molecule has 1 aromatic rings. The lowest BCUT2D eigenvalue weighted by atomic mass is 9.89. The Morgan fingerprint density at radius 2 is 2.05 bits per heavy atom. The van der Waals surface area contributed by atoms with Crippen LogP contribution in [-0.2, 0) is 11.2 Å². The summed E-state index contributed by atoms with van der Waals surface area (Å²) in [5.41, 5.74) is -0.0868. The largest absolute Gasteiger partial charge is 0.393 e. The van der Waals surface area contributed by atoms with Gasteiger partial charge >= 0.3 is 5.69 Å². The highest BCUT2D eigenvalue weighted by atomic mass is 16.3. The van der Waals surface area contributed by atoms with Gasteiger partial charge in [-0.15, -0.1) is 0 Å². The number of aryl methyl sites for hydroxylation is 1. The van der Waals surface area contributed by atoms with E-state index < -0.39 is 11.2 Å². The number of aliphatic hydroxyl groups excluding tert-OH is 1. The number of aromatic amines is 2. The van der Waals surface area contributed by atoms with Gasteiger partial charge in [-0.1, -0.05) is 0 Å². The Hall–Kier alpha value is -1.89. The second-order valence-corrected chi connectivity index (χ2v) is 4.90. The van der Waals surface area contributed by atoms with Gasteiger partial charge in [0.15, 0.2) is 0 Å². The second-order valence-electron chi connectivity index (χ2n) is 4.90. The molecule has 104 valence electrons. The molecule has 1 amide bonds. The van der Waals surface area contributed by atoms with E-state index >= 15 is 0 Å². The zero-order valence-corrected chi connectivity index (χ0v) is 10.7. The Bertz CT molecular complexity index is 583. The number of H-pyrrole nitrogens is 2. The van der Waals surface area contributed by atoms with Crippen LogP contribution in [0.25, 0.3) is 0 Å². The lowest BCUT2D eigenvalue weighted by molar-refractivity contribution is -0.123. The minimum Gasteiger partial charge on any atom is -0.393 e. The first-order valence-corrected chi connectivity index (χ1v) is 6.25. The number of aromatic nitrogens is 2. The lowest BCUT2D eigenvalue weighted by Crippen LogP contribution is -2.46. The van der Waals surface area contributed by atoms with Crippen LogP contribution >= 0.6 is 0 Å². The molecule has 0 radical (unpaired) electrons. The first-order valence-electron chi connectivity index (χ1n) is 6.25. The maximum atomic E-state index is 11.6. The van der Waals surface area contributed by atoms with Crippen LogP contribution < -0.4 is 16.6 Å². The predicted molar refractivity (Wildman–Crippen MR) is 67.9 cm³/mol. The summed E-state index contributed by atoms with van der Waals surface area (Å²) in [6.45, 7) is 1.63. The summed E-state index contributed by atoms with van der Waals surface area (Å²) in [5, 5.41) is 11.9. The number of amides is 1. The number of carbonyl (C=O) groups is 1. The third-order valence-corrected chi connectivity index (χ3v) is 3.34. The normalized spacial score (nSPS) is 21.8. The molecule has 0 aromatic carbocycles. The van der Waals surface area contributed by atoms with Gasteiger partial charge in [-0.2, -0.15) is 0 Å². The number of hydrogen-bond acceptors (Lipinski definition) is 4. The quantitative estimate of drug-likeness (QED) is 0.556. The van der Waals surface area contributed by atoms with Crippen LogP contribution in [0.3, 0.4) is 0 Å². The highest BCUT2D eigenvalue weighted by Gasteiger charge is 2.28. The molecule has 7 heteroatoms. The van der Waals surface area contributed by atoms with E-state index in [0.717, 1.165) is 0 Å². The van der Waals surface area contributed by atoms with Crippen molar-refractivity contribution < 1.29 is 9.90 Å². The monoisotopic (exact) mass is 267 g/mol. The van der Waals surface area contributed by atoms with Gasteiger partial charge in [0.25, 0.3) is 5.56 Å². The van der Waals surface area contributed by atoms with E-state index in [4.69, 9.17) is 5.11 Å². The number of carbonyl (C=O) groups excluding carboxylic acids is 1. The molecule has 2 rings (SSSR count). The van der Waals surface area contributed by atoms with Crippen LogP contribution in [0.5, 0.6) is 0 Å². The SMILES string of the molecule is Cc1[nH]c(=O)[nH]c(=O)c1CCC(=O)NC1CC(O)C1. The van der Waals surface area contributed by atoms with Crippen molar-refractivity contribution in [2.45, 2.75) is 44.8 Å². The zero-order valence-electron chi connectivity index (χ0n) is 10.7. The van der Waals surface area contributed by atoms with Crippen molar-refractivity contribution in [3.63, 3.8) is 0 Å². The summed E-state index contributed by atoms with van der Waals surface area (Å²) < 4.78 is 0. The number of aliphatic hydroxyl groups is 1. The molecular formula is C12H17N3O4. The van der Waals surface area contributed by atoms with Crippen LogP contribution in [0.4, 0.5) is 0 Å². The number of rotatable bonds is 4. The highest BCUT2D eigenvalue weighted by molar-refractivity contribution is 5.76. The van der Waals surface area contributed by atoms with Gasteiger partial charge in [0.1, 0.15) is 0 Å².